The summed E-state index contributed by atoms with van der Waals surface area (Å²) in [7, 11) is 4.12. The highest BCUT2D eigenvalue weighted by Gasteiger charge is 2.34. The summed E-state index contributed by atoms with van der Waals surface area (Å²) in [6.07, 6.45) is 7.54. The van der Waals surface area contributed by atoms with Crippen LogP contribution in [0.4, 0.5) is 14.5 Å². The van der Waals surface area contributed by atoms with Gasteiger partial charge in [0.25, 0.3) is 0 Å². The molecule has 9 nitrogen and oxygen atoms in total. The normalized spacial score (nSPS) is 18.4. The zero-order chi connectivity index (χ0) is 24.9. The molecule has 0 saturated carbocycles. The monoisotopic (exact) mass is 484 g/mol. The van der Waals surface area contributed by atoms with Gasteiger partial charge in [-0.05, 0) is 52.5 Å². The molecule has 4 rings (SSSR count). The third-order valence-electron chi connectivity index (χ3n) is 5.71. The fraction of sp³-hybridized carbons (Fsp3) is 0.417. The van der Waals surface area contributed by atoms with E-state index >= 15 is 0 Å². The molecule has 0 fully saturated rings. The van der Waals surface area contributed by atoms with Crippen LogP contribution in [0.2, 0.25) is 0 Å². The van der Waals surface area contributed by atoms with E-state index in [1.807, 2.05) is 13.1 Å². The molecule has 2 N–H and O–H groups in total. The van der Waals surface area contributed by atoms with Gasteiger partial charge in [0.15, 0.2) is 23.3 Å². The lowest BCUT2D eigenvalue weighted by Gasteiger charge is -2.29. The molecule has 1 atom stereocenters. The van der Waals surface area contributed by atoms with Gasteiger partial charge >= 0.3 is 0 Å². The molecule has 0 bridgehead atoms. The quantitative estimate of drug-likeness (QED) is 0.535. The van der Waals surface area contributed by atoms with Gasteiger partial charge in [-0.3, -0.25) is 19.5 Å². The van der Waals surface area contributed by atoms with Crippen LogP contribution in [-0.2, 0) is 11.3 Å². The summed E-state index contributed by atoms with van der Waals surface area (Å²) < 4.78 is 28.7. The van der Waals surface area contributed by atoms with Gasteiger partial charge in [-0.15, -0.1) is 0 Å². The Morgan fingerprint density at radius 3 is 2.94 bits per heavy atom. The van der Waals surface area contributed by atoms with Gasteiger partial charge in [-0.2, -0.15) is 5.10 Å². The molecule has 1 unspecified atom stereocenters. The molecule has 2 aromatic rings. The maximum Gasteiger partial charge on any atom is 0.246 e. The highest BCUT2D eigenvalue weighted by Crippen LogP contribution is 2.29. The van der Waals surface area contributed by atoms with Crippen LogP contribution in [0.15, 0.2) is 52.5 Å². The average Bonchev–Trinajstić information content (AvgIpc) is 3.43. The van der Waals surface area contributed by atoms with Crippen molar-refractivity contribution in [2.75, 3.05) is 39.0 Å². The number of amidine groups is 2. The number of hydrogen-bond acceptors (Lipinski definition) is 6. The summed E-state index contributed by atoms with van der Waals surface area (Å²) in [6.45, 7) is 4.14. The Balaban J connectivity index is 1.38. The largest absolute Gasteiger partial charge is 0.340 e. The number of benzene rings is 1. The van der Waals surface area contributed by atoms with Crippen LogP contribution in [0.3, 0.4) is 0 Å². The number of carbonyl (C=O) groups is 1. The second kappa shape index (κ2) is 10.8. The minimum Gasteiger partial charge on any atom is -0.340 e. The highest BCUT2D eigenvalue weighted by molar-refractivity contribution is 6.42. The number of unbranched alkanes of at least 4 members (excludes halogenated alkanes) is 1. The van der Waals surface area contributed by atoms with E-state index in [2.05, 4.69) is 39.6 Å². The van der Waals surface area contributed by atoms with E-state index in [9.17, 15) is 13.6 Å². The number of hydrogen-bond donors (Lipinski definition) is 2. The van der Waals surface area contributed by atoms with Crippen LogP contribution in [0.5, 0.6) is 0 Å². The number of fused-ring (bicyclic) bond motifs is 1. The summed E-state index contributed by atoms with van der Waals surface area (Å²) in [6, 6.07) is 3.57. The number of allylic oxidation sites excluding steroid dienone is 1. The van der Waals surface area contributed by atoms with Crippen LogP contribution in [-0.4, -0.2) is 70.9 Å². The van der Waals surface area contributed by atoms with Gasteiger partial charge in [-0.1, -0.05) is 6.07 Å². The van der Waals surface area contributed by atoms with Crippen molar-refractivity contribution in [1.29, 1.82) is 0 Å². The predicted molar refractivity (Wildman–Crippen MR) is 131 cm³/mol. The van der Waals surface area contributed by atoms with Crippen LogP contribution in [0, 0.1) is 11.6 Å². The molecule has 0 saturated heterocycles. The molecule has 3 heterocycles. The fourth-order valence-electron chi connectivity index (χ4n) is 4.00. The van der Waals surface area contributed by atoms with Gasteiger partial charge in [0.1, 0.15) is 6.54 Å². The Morgan fingerprint density at radius 1 is 1.31 bits per heavy atom. The Bertz CT molecular complexity index is 1170. The number of amides is 1. The van der Waals surface area contributed by atoms with Crippen molar-refractivity contribution in [3.63, 3.8) is 0 Å². The summed E-state index contributed by atoms with van der Waals surface area (Å²) in [5.41, 5.74) is 1.66. The number of nitrogens with zero attached hydrogens (tertiary/aromatic N) is 6. The number of halogens is 2. The fourth-order valence-corrected chi connectivity index (χ4v) is 4.00. The molecular formula is C24H30F2N8O. The molecule has 2 aliphatic rings. The van der Waals surface area contributed by atoms with Gasteiger partial charge in [0.05, 0.1) is 24.5 Å². The second-order valence-corrected chi connectivity index (χ2v) is 8.89. The van der Waals surface area contributed by atoms with Gasteiger partial charge in [0, 0.05) is 30.2 Å². The topological polar surface area (TPSA) is 90.1 Å². The minimum atomic E-state index is -1.09. The summed E-state index contributed by atoms with van der Waals surface area (Å²) in [5.74, 6) is -1.05. The van der Waals surface area contributed by atoms with Crippen molar-refractivity contribution in [2.45, 2.75) is 32.4 Å². The lowest BCUT2D eigenvalue weighted by Crippen LogP contribution is -2.43. The molecule has 35 heavy (non-hydrogen) atoms. The van der Waals surface area contributed by atoms with Crippen LogP contribution < -0.4 is 10.6 Å². The molecule has 0 aliphatic carbocycles. The van der Waals surface area contributed by atoms with E-state index in [4.69, 9.17) is 9.98 Å². The number of aliphatic imine (C=N–C) groups is 2. The van der Waals surface area contributed by atoms with E-state index < -0.39 is 17.5 Å². The van der Waals surface area contributed by atoms with Crippen molar-refractivity contribution in [3.05, 3.63) is 59.7 Å². The van der Waals surface area contributed by atoms with E-state index in [1.54, 1.807) is 12.4 Å². The molecule has 11 heteroatoms. The predicted octanol–water partition coefficient (Wildman–Crippen LogP) is 2.76. The zero-order valence-electron chi connectivity index (χ0n) is 20.1. The highest BCUT2D eigenvalue weighted by atomic mass is 19.2. The molecule has 0 spiro atoms. The number of carbonyl (C=O) groups excluding carboxylic acids is 1. The number of anilines is 1. The zero-order valence-corrected chi connectivity index (χ0v) is 20.1. The minimum absolute atomic E-state index is 0.0709. The number of rotatable bonds is 9. The van der Waals surface area contributed by atoms with E-state index in [1.165, 1.54) is 16.8 Å². The maximum atomic E-state index is 13.8. The molecule has 1 aromatic heterocycles. The van der Waals surface area contributed by atoms with Gasteiger partial charge in [0.2, 0.25) is 5.91 Å². The number of nitrogens with one attached hydrogen (secondary N) is 2. The summed E-state index contributed by atoms with van der Waals surface area (Å²) >= 11 is 0. The van der Waals surface area contributed by atoms with Crippen molar-refractivity contribution in [2.24, 2.45) is 9.98 Å². The Morgan fingerprint density at radius 2 is 2.14 bits per heavy atom. The first-order valence-electron chi connectivity index (χ1n) is 11.6. The third-order valence-corrected chi connectivity index (χ3v) is 5.71. The van der Waals surface area contributed by atoms with Crippen LogP contribution in [0.25, 0.3) is 0 Å². The van der Waals surface area contributed by atoms with E-state index in [0.29, 0.717) is 6.54 Å². The maximum absolute atomic E-state index is 13.8. The molecule has 186 valence electrons. The standard InChI is InChI=1S/C24H30F2N8O/c1-16-13-34-20(12-28-24(34)23(30-16)27-9-4-5-10-32(2)3)17-11-29-33(14-17)15-21(35)31-19-8-6-7-18(25)22(19)26/h6-8,11,13-14,20H,4-5,9-10,12,15H2,1-3H3,(H,27,30)(H,31,35). The first-order chi connectivity index (χ1) is 16.8. The Labute approximate surface area is 203 Å². The lowest BCUT2D eigenvalue weighted by molar-refractivity contribution is -0.116. The molecule has 1 aromatic carbocycles. The summed E-state index contributed by atoms with van der Waals surface area (Å²) in [5, 5.41) is 9.99. The van der Waals surface area contributed by atoms with Crippen LogP contribution >= 0.6 is 0 Å². The number of aromatic nitrogens is 2. The van der Waals surface area contributed by atoms with E-state index in [0.717, 1.165) is 54.9 Å². The van der Waals surface area contributed by atoms with Gasteiger partial charge in [-0.25, -0.2) is 8.78 Å². The Hall–Kier alpha value is -3.60. The van der Waals surface area contributed by atoms with Crippen molar-refractivity contribution in [1.82, 2.24) is 24.9 Å². The van der Waals surface area contributed by atoms with Crippen LogP contribution in [0.1, 0.15) is 31.4 Å². The molecule has 1 amide bonds. The first kappa shape index (κ1) is 24.5. The smallest absolute Gasteiger partial charge is 0.246 e. The molecule has 0 radical (unpaired) electrons. The summed E-state index contributed by atoms with van der Waals surface area (Å²) in [4.78, 5) is 26.0. The van der Waals surface area contributed by atoms with Crippen molar-refractivity contribution in [3.8, 4) is 0 Å². The second-order valence-electron chi connectivity index (χ2n) is 8.89. The van der Waals surface area contributed by atoms with Crippen molar-refractivity contribution >= 4 is 23.3 Å². The Kier molecular flexibility index (Phi) is 7.54. The first-order valence-corrected chi connectivity index (χ1v) is 11.6. The average molecular weight is 485 g/mol. The lowest BCUT2D eigenvalue weighted by atomic mass is 10.1. The van der Waals surface area contributed by atoms with Crippen molar-refractivity contribution < 1.29 is 13.6 Å². The molecular weight excluding hydrogens is 454 g/mol. The SMILES string of the molecule is CC1=CN2C(=NCC2c2cnn(CC(=O)Nc3cccc(F)c3F)c2)C(=NCCCCN(C)C)N1. The van der Waals surface area contributed by atoms with Gasteiger partial charge < -0.3 is 20.4 Å². The third kappa shape index (κ3) is 5.91. The van der Waals surface area contributed by atoms with E-state index in [-0.39, 0.29) is 18.3 Å². The molecule has 2 aliphatic heterocycles.